The van der Waals surface area contributed by atoms with Gasteiger partial charge >= 0.3 is 0 Å². The van der Waals surface area contributed by atoms with Crippen molar-refractivity contribution in [1.29, 1.82) is 0 Å². The van der Waals surface area contributed by atoms with Crippen LogP contribution in [0.2, 0.25) is 0 Å². The molecule has 0 amide bonds. The van der Waals surface area contributed by atoms with Crippen LogP contribution < -0.4 is 4.74 Å². The summed E-state index contributed by atoms with van der Waals surface area (Å²) in [7, 11) is 0. The number of allylic oxidation sites excluding steroid dienone is 1. The van der Waals surface area contributed by atoms with Gasteiger partial charge in [0.1, 0.15) is 0 Å². The van der Waals surface area contributed by atoms with E-state index in [1.807, 2.05) is 26.0 Å². The molecule has 5 heteroatoms. The second kappa shape index (κ2) is 9.47. The van der Waals surface area contributed by atoms with Gasteiger partial charge in [0.15, 0.2) is 23.1 Å². The highest BCUT2D eigenvalue weighted by Gasteiger charge is 2.28. The summed E-state index contributed by atoms with van der Waals surface area (Å²) < 4.78 is 55.7. The van der Waals surface area contributed by atoms with Crippen LogP contribution >= 0.6 is 0 Å². The standard InChI is InChI=1S/C26H29F3O2/c1-3-5-16-7-11-21(30-15-16)12-10-17-8-9-19-14-20-13-18(6-4-2)22(27)24(29)26(20)31-25(19)23(17)28/h3,5,8-9,13,16,21H,4,6-7,10-12,14-15H2,1-2H3/b5-3+. The maximum Gasteiger partial charge on any atom is 0.201 e. The summed E-state index contributed by atoms with van der Waals surface area (Å²) in [6.45, 7) is 4.63. The van der Waals surface area contributed by atoms with Crippen LogP contribution in [0.5, 0.6) is 11.5 Å². The van der Waals surface area contributed by atoms with E-state index >= 15 is 4.39 Å². The molecule has 2 heterocycles. The average molecular weight is 431 g/mol. The maximum atomic E-state index is 15.2. The molecule has 0 saturated carbocycles. The van der Waals surface area contributed by atoms with Gasteiger partial charge in [0.25, 0.3) is 0 Å². The van der Waals surface area contributed by atoms with E-state index in [2.05, 4.69) is 6.08 Å². The Bertz CT molecular complexity index is 975. The minimum atomic E-state index is -1.03. The number of benzene rings is 2. The summed E-state index contributed by atoms with van der Waals surface area (Å²) in [5.74, 6) is -2.11. The van der Waals surface area contributed by atoms with Crippen molar-refractivity contribution in [2.24, 2.45) is 5.92 Å². The Morgan fingerprint density at radius 3 is 2.48 bits per heavy atom. The summed E-state index contributed by atoms with van der Waals surface area (Å²) in [6.07, 6.45) is 9.09. The van der Waals surface area contributed by atoms with Gasteiger partial charge in [-0.1, -0.05) is 37.6 Å². The zero-order valence-corrected chi connectivity index (χ0v) is 18.1. The molecule has 2 aromatic carbocycles. The molecule has 2 aromatic rings. The van der Waals surface area contributed by atoms with Crippen LogP contribution in [0, 0.1) is 23.4 Å². The fraction of sp³-hybridized carbons (Fsp3) is 0.462. The molecule has 0 radical (unpaired) electrons. The lowest BCUT2D eigenvalue weighted by Crippen LogP contribution is -2.25. The van der Waals surface area contributed by atoms with Gasteiger partial charge in [-0.3, -0.25) is 0 Å². The molecule has 2 aliphatic heterocycles. The van der Waals surface area contributed by atoms with Gasteiger partial charge in [-0.05, 0) is 56.2 Å². The van der Waals surface area contributed by atoms with Crippen molar-refractivity contribution >= 4 is 0 Å². The van der Waals surface area contributed by atoms with E-state index in [1.165, 1.54) is 0 Å². The maximum absolute atomic E-state index is 15.2. The Morgan fingerprint density at radius 1 is 0.968 bits per heavy atom. The number of ether oxygens (including phenoxy) is 2. The normalized spacial score (nSPS) is 20.4. The lowest BCUT2D eigenvalue weighted by atomic mass is 9.93. The summed E-state index contributed by atoms with van der Waals surface area (Å²) >= 11 is 0. The Kier molecular flexibility index (Phi) is 6.71. The molecule has 0 spiro atoms. The first-order valence-corrected chi connectivity index (χ1v) is 11.2. The third kappa shape index (κ3) is 4.52. The van der Waals surface area contributed by atoms with Crippen LogP contribution in [-0.2, 0) is 24.0 Å². The van der Waals surface area contributed by atoms with Gasteiger partial charge in [0.2, 0.25) is 5.82 Å². The zero-order chi connectivity index (χ0) is 22.0. The molecular weight excluding hydrogens is 401 g/mol. The first-order chi connectivity index (χ1) is 15.0. The molecule has 0 N–H and O–H groups in total. The quantitative estimate of drug-likeness (QED) is 0.390. The number of hydrogen-bond donors (Lipinski definition) is 0. The molecule has 31 heavy (non-hydrogen) atoms. The third-order valence-electron chi connectivity index (χ3n) is 6.28. The Labute approximate surface area is 182 Å². The third-order valence-corrected chi connectivity index (χ3v) is 6.28. The van der Waals surface area contributed by atoms with Crippen molar-refractivity contribution in [1.82, 2.24) is 0 Å². The smallest absolute Gasteiger partial charge is 0.201 e. The van der Waals surface area contributed by atoms with Crippen LogP contribution in [0.25, 0.3) is 0 Å². The van der Waals surface area contributed by atoms with Gasteiger partial charge < -0.3 is 9.47 Å². The summed E-state index contributed by atoms with van der Waals surface area (Å²) in [5.41, 5.74) is 2.08. The average Bonchev–Trinajstić information content (AvgIpc) is 2.77. The van der Waals surface area contributed by atoms with E-state index in [0.29, 0.717) is 60.5 Å². The van der Waals surface area contributed by atoms with Gasteiger partial charge in [0, 0.05) is 23.5 Å². The number of halogens is 3. The van der Waals surface area contributed by atoms with Gasteiger partial charge in [-0.15, -0.1) is 0 Å². The topological polar surface area (TPSA) is 18.5 Å². The zero-order valence-electron chi connectivity index (χ0n) is 18.1. The molecule has 1 saturated heterocycles. The predicted molar refractivity (Wildman–Crippen MR) is 115 cm³/mol. The van der Waals surface area contributed by atoms with Gasteiger partial charge in [0.05, 0.1) is 12.7 Å². The molecule has 0 aromatic heterocycles. The Hall–Kier alpha value is -2.27. The predicted octanol–water partition coefficient (Wildman–Crippen LogP) is 7.06. The van der Waals surface area contributed by atoms with E-state index in [0.717, 1.165) is 19.3 Å². The molecule has 0 bridgehead atoms. The summed E-state index contributed by atoms with van der Waals surface area (Å²) in [4.78, 5) is 0. The monoisotopic (exact) mass is 430 g/mol. The second-order valence-corrected chi connectivity index (χ2v) is 8.56. The number of aryl methyl sites for hydroxylation is 2. The molecule has 4 rings (SSSR count). The number of hydrogen-bond acceptors (Lipinski definition) is 2. The molecule has 0 aliphatic carbocycles. The molecule has 2 nitrogen and oxygen atoms in total. The summed E-state index contributed by atoms with van der Waals surface area (Å²) in [6, 6.07) is 5.26. The molecule has 2 atom stereocenters. The molecule has 2 unspecified atom stereocenters. The van der Waals surface area contributed by atoms with Crippen molar-refractivity contribution < 1.29 is 22.6 Å². The van der Waals surface area contributed by atoms with Crippen LogP contribution in [0.15, 0.2) is 30.4 Å². The highest BCUT2D eigenvalue weighted by atomic mass is 19.2. The molecule has 1 fully saturated rings. The number of rotatable bonds is 6. The highest BCUT2D eigenvalue weighted by Crippen LogP contribution is 2.42. The van der Waals surface area contributed by atoms with Crippen LogP contribution in [0.3, 0.4) is 0 Å². The first-order valence-electron chi connectivity index (χ1n) is 11.2. The van der Waals surface area contributed by atoms with E-state index in [9.17, 15) is 8.78 Å². The SMILES string of the molecule is C/C=C/C1CCC(CCc2ccc3c(c2F)Oc2c(cc(CCC)c(F)c2F)C3)OC1. The van der Waals surface area contributed by atoms with E-state index < -0.39 is 17.5 Å². The fourth-order valence-corrected chi connectivity index (χ4v) is 4.59. The van der Waals surface area contributed by atoms with Crippen molar-refractivity contribution in [2.75, 3.05) is 6.61 Å². The largest absolute Gasteiger partial charge is 0.450 e. The van der Waals surface area contributed by atoms with Crippen molar-refractivity contribution in [3.05, 3.63) is 70.1 Å². The van der Waals surface area contributed by atoms with Gasteiger partial charge in [-0.25, -0.2) is 8.78 Å². The first kappa shape index (κ1) is 21.9. The summed E-state index contributed by atoms with van der Waals surface area (Å²) in [5, 5.41) is 0. The van der Waals surface area contributed by atoms with Crippen molar-refractivity contribution in [2.45, 2.75) is 64.9 Å². The minimum absolute atomic E-state index is 0.0178. The lowest BCUT2D eigenvalue weighted by molar-refractivity contribution is -0.00799. The highest BCUT2D eigenvalue weighted by molar-refractivity contribution is 5.53. The van der Waals surface area contributed by atoms with Crippen molar-refractivity contribution in [3.63, 3.8) is 0 Å². The van der Waals surface area contributed by atoms with E-state index in [-0.39, 0.29) is 17.6 Å². The lowest BCUT2D eigenvalue weighted by Gasteiger charge is -2.28. The fourth-order valence-electron chi connectivity index (χ4n) is 4.59. The van der Waals surface area contributed by atoms with Crippen LogP contribution in [0.1, 0.15) is 61.8 Å². The Balaban J connectivity index is 1.48. The minimum Gasteiger partial charge on any atom is -0.450 e. The second-order valence-electron chi connectivity index (χ2n) is 8.56. The van der Waals surface area contributed by atoms with Crippen LogP contribution in [0.4, 0.5) is 13.2 Å². The van der Waals surface area contributed by atoms with E-state index in [1.54, 1.807) is 12.1 Å². The van der Waals surface area contributed by atoms with Crippen LogP contribution in [-0.4, -0.2) is 12.7 Å². The van der Waals surface area contributed by atoms with Gasteiger partial charge in [-0.2, -0.15) is 4.39 Å². The number of fused-ring (bicyclic) bond motifs is 2. The van der Waals surface area contributed by atoms with E-state index in [4.69, 9.17) is 9.47 Å². The Morgan fingerprint density at radius 2 is 1.77 bits per heavy atom. The molecule has 166 valence electrons. The molecular formula is C26H29F3O2. The molecule has 2 aliphatic rings. The van der Waals surface area contributed by atoms with Crippen molar-refractivity contribution in [3.8, 4) is 11.5 Å².